The predicted molar refractivity (Wildman–Crippen MR) is 118 cm³/mol. The molecule has 0 aliphatic heterocycles. The molecule has 4 aromatic rings. The van der Waals surface area contributed by atoms with Crippen molar-refractivity contribution in [3.8, 4) is 28.6 Å². The summed E-state index contributed by atoms with van der Waals surface area (Å²) < 4.78 is 22.6. The number of ether oxygens (including phenoxy) is 3. The molecule has 0 aliphatic rings. The molecular formula is C25H23NO4. The van der Waals surface area contributed by atoms with Gasteiger partial charge < -0.3 is 18.6 Å². The van der Waals surface area contributed by atoms with Crippen LogP contribution in [0.2, 0.25) is 0 Å². The molecule has 0 bridgehead atoms. The first kappa shape index (κ1) is 19.6. The van der Waals surface area contributed by atoms with Gasteiger partial charge in [0.1, 0.15) is 11.3 Å². The lowest BCUT2D eigenvalue weighted by Gasteiger charge is -2.14. The number of methoxy groups -OCH3 is 3. The van der Waals surface area contributed by atoms with Crippen molar-refractivity contribution in [2.75, 3.05) is 21.3 Å². The highest BCUT2D eigenvalue weighted by atomic mass is 16.5. The van der Waals surface area contributed by atoms with Gasteiger partial charge in [-0.15, -0.1) is 0 Å². The zero-order valence-electron chi connectivity index (χ0n) is 17.4. The van der Waals surface area contributed by atoms with E-state index < -0.39 is 0 Å². The first-order valence-electron chi connectivity index (χ1n) is 9.57. The van der Waals surface area contributed by atoms with Crippen LogP contribution < -0.4 is 19.6 Å². The van der Waals surface area contributed by atoms with Gasteiger partial charge in [-0.1, -0.05) is 29.8 Å². The minimum absolute atomic E-state index is 0.536. The number of para-hydroxylation sites is 1. The Morgan fingerprint density at radius 1 is 0.767 bits per heavy atom. The van der Waals surface area contributed by atoms with Crippen molar-refractivity contribution in [1.29, 1.82) is 0 Å². The van der Waals surface area contributed by atoms with Gasteiger partial charge in [-0.3, -0.25) is 0 Å². The summed E-state index contributed by atoms with van der Waals surface area (Å²) in [5.41, 5.74) is 3.62. The van der Waals surface area contributed by atoms with Gasteiger partial charge in [0.25, 0.3) is 0 Å². The third-order valence-electron chi connectivity index (χ3n) is 4.88. The number of fused-ring (bicyclic) bond motifs is 1. The minimum atomic E-state index is 0.536. The molecule has 0 aliphatic carbocycles. The van der Waals surface area contributed by atoms with Gasteiger partial charge >= 0.3 is 0 Å². The largest absolute Gasteiger partial charge is 0.493 e. The summed E-state index contributed by atoms with van der Waals surface area (Å²) in [6.07, 6.45) is 0. The molecule has 0 atom stereocenters. The number of rotatable bonds is 5. The summed E-state index contributed by atoms with van der Waals surface area (Å²) >= 11 is 0. The Labute approximate surface area is 175 Å². The molecule has 0 saturated carbocycles. The highest BCUT2D eigenvalue weighted by Gasteiger charge is 2.16. The fourth-order valence-electron chi connectivity index (χ4n) is 3.33. The van der Waals surface area contributed by atoms with Crippen LogP contribution in [0.1, 0.15) is 5.56 Å². The van der Waals surface area contributed by atoms with E-state index in [-0.39, 0.29) is 0 Å². The lowest BCUT2D eigenvalue weighted by atomic mass is 10.1. The molecule has 1 heterocycles. The lowest BCUT2D eigenvalue weighted by molar-refractivity contribution is 0.324. The molecule has 0 radical (unpaired) electrons. The topological polar surface area (TPSA) is 53.2 Å². The Kier molecular flexibility index (Phi) is 5.44. The van der Waals surface area contributed by atoms with Crippen LogP contribution in [0.3, 0.4) is 0 Å². The maximum Gasteiger partial charge on any atom is 0.203 e. The monoisotopic (exact) mass is 401 g/mol. The molecular weight excluding hydrogens is 378 g/mol. The van der Waals surface area contributed by atoms with Crippen LogP contribution in [0.25, 0.3) is 22.3 Å². The Morgan fingerprint density at radius 3 is 2.07 bits per heavy atom. The molecule has 0 amide bonds. The molecule has 0 spiro atoms. The molecule has 5 heteroatoms. The van der Waals surface area contributed by atoms with E-state index >= 15 is 0 Å². The van der Waals surface area contributed by atoms with Crippen LogP contribution in [-0.4, -0.2) is 21.3 Å². The Hall–Kier alpha value is -3.73. The number of hydrogen-bond donors (Lipinski definition) is 0. The van der Waals surface area contributed by atoms with Gasteiger partial charge in [-0.25, -0.2) is 4.99 Å². The van der Waals surface area contributed by atoms with Crippen molar-refractivity contribution in [2.24, 2.45) is 4.99 Å². The molecule has 0 saturated heterocycles. The molecule has 5 nitrogen and oxygen atoms in total. The van der Waals surface area contributed by atoms with Crippen LogP contribution in [0, 0.1) is 6.92 Å². The summed E-state index contributed by atoms with van der Waals surface area (Å²) in [7, 11) is 4.77. The zero-order valence-corrected chi connectivity index (χ0v) is 17.4. The van der Waals surface area contributed by atoms with E-state index in [1.165, 1.54) is 5.56 Å². The van der Waals surface area contributed by atoms with Gasteiger partial charge in [-0.05, 0) is 43.3 Å². The number of aryl methyl sites for hydroxylation is 1. The van der Waals surface area contributed by atoms with Gasteiger partial charge in [0.15, 0.2) is 11.5 Å². The van der Waals surface area contributed by atoms with Gasteiger partial charge in [-0.2, -0.15) is 0 Å². The van der Waals surface area contributed by atoms with Crippen LogP contribution in [0.15, 0.2) is 76.1 Å². The average Bonchev–Trinajstić information content (AvgIpc) is 2.79. The molecule has 3 aromatic carbocycles. The van der Waals surface area contributed by atoms with Crippen molar-refractivity contribution in [2.45, 2.75) is 6.92 Å². The zero-order chi connectivity index (χ0) is 21.1. The Morgan fingerprint density at radius 2 is 1.43 bits per heavy atom. The second-order valence-electron chi connectivity index (χ2n) is 6.85. The van der Waals surface area contributed by atoms with Crippen LogP contribution >= 0.6 is 0 Å². The normalized spacial score (nSPS) is 11.5. The third kappa shape index (κ3) is 3.74. The van der Waals surface area contributed by atoms with E-state index in [9.17, 15) is 0 Å². The fourth-order valence-corrected chi connectivity index (χ4v) is 3.33. The predicted octanol–water partition coefficient (Wildman–Crippen LogP) is 5.67. The van der Waals surface area contributed by atoms with Crippen LogP contribution in [0.5, 0.6) is 17.2 Å². The summed E-state index contributed by atoms with van der Waals surface area (Å²) in [5.74, 6) is 2.31. The van der Waals surface area contributed by atoms with Crippen molar-refractivity contribution >= 4 is 16.7 Å². The minimum Gasteiger partial charge on any atom is -0.493 e. The molecule has 0 unspecified atom stereocenters. The van der Waals surface area contributed by atoms with E-state index in [0.29, 0.717) is 23.0 Å². The second-order valence-corrected chi connectivity index (χ2v) is 6.85. The summed E-state index contributed by atoms with van der Waals surface area (Å²) in [5, 5.41) is 1.76. The van der Waals surface area contributed by atoms with Crippen molar-refractivity contribution in [3.63, 3.8) is 0 Å². The van der Waals surface area contributed by atoms with Crippen LogP contribution in [0.4, 0.5) is 5.69 Å². The van der Waals surface area contributed by atoms with Crippen molar-refractivity contribution in [3.05, 3.63) is 77.7 Å². The average molecular weight is 401 g/mol. The van der Waals surface area contributed by atoms with E-state index in [2.05, 4.69) is 19.1 Å². The maximum atomic E-state index is 6.21. The van der Waals surface area contributed by atoms with Gasteiger partial charge in [0.2, 0.25) is 5.75 Å². The van der Waals surface area contributed by atoms with E-state index in [0.717, 1.165) is 27.6 Å². The lowest BCUT2D eigenvalue weighted by Crippen LogP contribution is -2.03. The molecule has 30 heavy (non-hydrogen) atoms. The highest BCUT2D eigenvalue weighted by molar-refractivity contribution is 5.79. The van der Waals surface area contributed by atoms with Crippen molar-refractivity contribution < 1.29 is 18.6 Å². The molecule has 1 aromatic heterocycles. The van der Waals surface area contributed by atoms with E-state index in [1.54, 1.807) is 21.3 Å². The second kappa shape index (κ2) is 8.33. The first-order chi connectivity index (χ1) is 14.6. The Bertz CT molecular complexity index is 1230. The fraction of sp³-hybridized carbons (Fsp3) is 0.160. The molecule has 0 N–H and O–H groups in total. The van der Waals surface area contributed by atoms with E-state index in [4.69, 9.17) is 23.6 Å². The van der Waals surface area contributed by atoms with Gasteiger partial charge in [0.05, 0.1) is 32.4 Å². The van der Waals surface area contributed by atoms with Gasteiger partial charge in [0, 0.05) is 17.0 Å². The summed E-state index contributed by atoms with van der Waals surface area (Å²) in [4.78, 5) is 4.87. The van der Waals surface area contributed by atoms with E-state index in [1.807, 2.05) is 54.6 Å². The Balaban J connectivity index is 1.96. The van der Waals surface area contributed by atoms with Crippen molar-refractivity contribution in [1.82, 2.24) is 0 Å². The number of benzene rings is 3. The summed E-state index contributed by atoms with van der Waals surface area (Å²) in [6, 6.07) is 21.6. The van der Waals surface area contributed by atoms with Crippen LogP contribution in [-0.2, 0) is 0 Å². The summed E-state index contributed by atoms with van der Waals surface area (Å²) in [6.45, 7) is 2.06. The maximum absolute atomic E-state index is 6.21. The quantitative estimate of drug-likeness (QED) is 0.433. The molecule has 152 valence electrons. The SMILES string of the molecule is COc1cc(-c2cc(=Nc3ccc(C)cc3)c3ccccc3o2)cc(OC)c1OC. The number of nitrogens with zero attached hydrogens (tertiary/aromatic N) is 1. The number of hydrogen-bond acceptors (Lipinski definition) is 5. The highest BCUT2D eigenvalue weighted by Crippen LogP contribution is 2.41. The molecule has 0 fully saturated rings. The first-order valence-corrected chi connectivity index (χ1v) is 9.57. The standard InChI is InChI=1S/C25H23NO4/c1-16-9-11-18(12-10-16)26-20-15-22(30-21-8-6-5-7-19(20)21)17-13-23(27-2)25(29-4)24(14-17)28-3/h5-15H,1-4H3. The third-order valence-corrected chi connectivity index (χ3v) is 4.88. The molecule has 4 rings (SSSR count). The smallest absolute Gasteiger partial charge is 0.203 e.